The van der Waals surface area contributed by atoms with Gasteiger partial charge in [0.1, 0.15) is 5.82 Å². The summed E-state index contributed by atoms with van der Waals surface area (Å²) in [5.74, 6) is 1.87. The molecule has 0 amide bonds. The van der Waals surface area contributed by atoms with Crippen molar-refractivity contribution in [2.45, 2.75) is 32.2 Å². The van der Waals surface area contributed by atoms with E-state index in [1.54, 1.807) is 0 Å². The number of aromatic nitrogens is 1. The maximum absolute atomic E-state index is 4.40. The molecule has 0 radical (unpaired) electrons. The summed E-state index contributed by atoms with van der Waals surface area (Å²) in [7, 11) is 1.91. The minimum Gasteiger partial charge on any atom is -0.373 e. The topological polar surface area (TPSA) is 31.4 Å². The second-order valence-corrected chi connectivity index (χ2v) is 6.53. The number of hydrogen-bond acceptors (Lipinski definition) is 4. The van der Waals surface area contributed by atoms with Crippen LogP contribution in [0.5, 0.6) is 0 Å². The first kappa shape index (κ1) is 14.8. The Hall–Kier alpha value is -1.13. The Labute approximate surface area is 128 Å². The van der Waals surface area contributed by atoms with E-state index in [4.69, 9.17) is 0 Å². The zero-order valence-electron chi connectivity index (χ0n) is 13.2. The fourth-order valence-corrected chi connectivity index (χ4v) is 3.58. The van der Waals surface area contributed by atoms with Crippen LogP contribution in [0.3, 0.4) is 0 Å². The minimum absolute atomic E-state index is 0.921. The lowest BCUT2D eigenvalue weighted by Crippen LogP contribution is -2.37. The van der Waals surface area contributed by atoms with Crippen LogP contribution in [-0.4, -0.2) is 54.6 Å². The maximum atomic E-state index is 4.40. The van der Waals surface area contributed by atoms with Crippen LogP contribution >= 0.6 is 0 Å². The highest BCUT2D eigenvalue weighted by Crippen LogP contribution is 2.21. The summed E-state index contributed by atoms with van der Waals surface area (Å²) >= 11 is 0. The van der Waals surface area contributed by atoms with Crippen LogP contribution in [0.25, 0.3) is 0 Å². The molecule has 0 atom stereocenters. The Morgan fingerprint density at radius 3 is 2.48 bits per heavy atom. The van der Waals surface area contributed by atoms with Gasteiger partial charge in [-0.05, 0) is 69.4 Å². The average Bonchev–Trinajstić information content (AvgIpc) is 3.03. The summed E-state index contributed by atoms with van der Waals surface area (Å²) in [6.45, 7) is 7.55. The third-order valence-corrected chi connectivity index (χ3v) is 4.91. The fourth-order valence-electron chi connectivity index (χ4n) is 3.58. The SMILES string of the molecule is CNc1ccc(CN2CCC(CN3CCCC3)CC2)cn1. The van der Waals surface area contributed by atoms with Crippen molar-refractivity contribution in [2.75, 3.05) is 45.1 Å². The summed E-state index contributed by atoms with van der Waals surface area (Å²) < 4.78 is 0. The Morgan fingerprint density at radius 2 is 1.86 bits per heavy atom. The molecule has 0 aliphatic carbocycles. The maximum Gasteiger partial charge on any atom is 0.125 e. The van der Waals surface area contributed by atoms with Crippen molar-refractivity contribution in [1.29, 1.82) is 0 Å². The van der Waals surface area contributed by atoms with Gasteiger partial charge in [0.15, 0.2) is 0 Å². The lowest BCUT2D eigenvalue weighted by atomic mass is 9.96. The predicted octanol–water partition coefficient (Wildman–Crippen LogP) is 2.43. The van der Waals surface area contributed by atoms with E-state index >= 15 is 0 Å². The molecular formula is C17H28N4. The van der Waals surface area contributed by atoms with Crippen molar-refractivity contribution >= 4 is 5.82 Å². The second kappa shape index (κ2) is 7.23. The highest BCUT2D eigenvalue weighted by molar-refractivity contribution is 5.34. The van der Waals surface area contributed by atoms with E-state index in [9.17, 15) is 0 Å². The molecule has 4 nitrogen and oxygen atoms in total. The zero-order chi connectivity index (χ0) is 14.5. The first-order chi connectivity index (χ1) is 10.3. The summed E-state index contributed by atoms with van der Waals surface area (Å²) in [6.07, 6.45) is 7.54. The van der Waals surface area contributed by atoms with E-state index in [2.05, 4.69) is 32.2 Å². The number of nitrogens with zero attached hydrogens (tertiary/aromatic N) is 3. The number of piperidine rings is 1. The van der Waals surface area contributed by atoms with Gasteiger partial charge in [0.2, 0.25) is 0 Å². The molecule has 0 bridgehead atoms. The Balaban J connectivity index is 1.42. The van der Waals surface area contributed by atoms with Crippen LogP contribution in [0.1, 0.15) is 31.2 Å². The minimum atomic E-state index is 0.921. The normalized spacial score (nSPS) is 21.8. The van der Waals surface area contributed by atoms with Crippen LogP contribution in [0, 0.1) is 5.92 Å². The van der Waals surface area contributed by atoms with Crippen molar-refractivity contribution < 1.29 is 0 Å². The van der Waals surface area contributed by atoms with Crippen molar-refractivity contribution in [3.05, 3.63) is 23.9 Å². The fraction of sp³-hybridized carbons (Fsp3) is 0.706. The van der Waals surface area contributed by atoms with Gasteiger partial charge in [-0.25, -0.2) is 4.98 Å². The van der Waals surface area contributed by atoms with E-state index in [-0.39, 0.29) is 0 Å². The molecule has 1 N–H and O–H groups in total. The molecule has 4 heteroatoms. The molecule has 1 aromatic heterocycles. The van der Waals surface area contributed by atoms with Crippen molar-refractivity contribution in [3.63, 3.8) is 0 Å². The highest BCUT2D eigenvalue weighted by atomic mass is 15.2. The van der Waals surface area contributed by atoms with E-state index in [0.29, 0.717) is 0 Å². The molecule has 3 rings (SSSR count). The number of likely N-dealkylation sites (tertiary alicyclic amines) is 2. The molecule has 2 fully saturated rings. The molecule has 0 aromatic carbocycles. The monoisotopic (exact) mass is 288 g/mol. The molecule has 2 aliphatic heterocycles. The highest BCUT2D eigenvalue weighted by Gasteiger charge is 2.22. The van der Waals surface area contributed by atoms with Crippen LogP contribution in [0.2, 0.25) is 0 Å². The standard InChI is InChI=1S/C17H28N4/c1-18-17-5-4-16(12-19-17)14-21-10-6-15(7-11-21)13-20-8-2-3-9-20/h4-5,12,15H,2-3,6-11,13-14H2,1H3,(H,18,19). The first-order valence-corrected chi connectivity index (χ1v) is 8.41. The number of nitrogens with one attached hydrogen (secondary N) is 1. The van der Waals surface area contributed by atoms with E-state index < -0.39 is 0 Å². The molecule has 0 unspecified atom stereocenters. The third-order valence-electron chi connectivity index (χ3n) is 4.91. The Kier molecular flexibility index (Phi) is 5.09. The van der Waals surface area contributed by atoms with E-state index in [1.807, 2.05) is 13.2 Å². The number of hydrogen-bond donors (Lipinski definition) is 1. The molecule has 21 heavy (non-hydrogen) atoms. The molecule has 116 valence electrons. The Morgan fingerprint density at radius 1 is 1.10 bits per heavy atom. The quantitative estimate of drug-likeness (QED) is 0.902. The smallest absolute Gasteiger partial charge is 0.125 e. The summed E-state index contributed by atoms with van der Waals surface area (Å²) in [5.41, 5.74) is 1.33. The largest absolute Gasteiger partial charge is 0.373 e. The van der Waals surface area contributed by atoms with Gasteiger partial charge in [-0.2, -0.15) is 0 Å². The number of rotatable bonds is 5. The van der Waals surface area contributed by atoms with E-state index in [0.717, 1.165) is 18.3 Å². The van der Waals surface area contributed by atoms with Crippen molar-refractivity contribution in [2.24, 2.45) is 5.92 Å². The molecular weight excluding hydrogens is 260 g/mol. The molecule has 1 aromatic rings. The third kappa shape index (κ3) is 4.17. The van der Waals surface area contributed by atoms with Crippen LogP contribution in [0.15, 0.2) is 18.3 Å². The second-order valence-electron chi connectivity index (χ2n) is 6.53. The van der Waals surface area contributed by atoms with Crippen molar-refractivity contribution in [1.82, 2.24) is 14.8 Å². The molecule has 2 saturated heterocycles. The lowest BCUT2D eigenvalue weighted by Gasteiger charge is -2.33. The number of anilines is 1. The molecule has 0 saturated carbocycles. The van der Waals surface area contributed by atoms with Gasteiger partial charge >= 0.3 is 0 Å². The molecule has 0 spiro atoms. The van der Waals surface area contributed by atoms with Crippen molar-refractivity contribution in [3.8, 4) is 0 Å². The van der Waals surface area contributed by atoms with Crippen LogP contribution in [-0.2, 0) is 6.54 Å². The van der Waals surface area contributed by atoms with Gasteiger partial charge in [0.05, 0.1) is 0 Å². The van der Waals surface area contributed by atoms with Crippen LogP contribution in [0.4, 0.5) is 5.82 Å². The number of pyridine rings is 1. The van der Waals surface area contributed by atoms with Gasteiger partial charge in [-0.3, -0.25) is 4.90 Å². The van der Waals surface area contributed by atoms with Gasteiger partial charge in [0.25, 0.3) is 0 Å². The molecule has 3 heterocycles. The first-order valence-electron chi connectivity index (χ1n) is 8.41. The van der Waals surface area contributed by atoms with Gasteiger partial charge in [-0.1, -0.05) is 6.07 Å². The lowest BCUT2D eigenvalue weighted by molar-refractivity contribution is 0.149. The van der Waals surface area contributed by atoms with Gasteiger partial charge in [-0.15, -0.1) is 0 Å². The molecule has 2 aliphatic rings. The van der Waals surface area contributed by atoms with Crippen LogP contribution < -0.4 is 5.32 Å². The summed E-state index contributed by atoms with van der Waals surface area (Å²) in [6, 6.07) is 4.25. The summed E-state index contributed by atoms with van der Waals surface area (Å²) in [4.78, 5) is 9.65. The average molecular weight is 288 g/mol. The van der Waals surface area contributed by atoms with Gasteiger partial charge in [0, 0.05) is 26.3 Å². The zero-order valence-corrected chi connectivity index (χ0v) is 13.2. The summed E-state index contributed by atoms with van der Waals surface area (Å²) in [5, 5.41) is 3.07. The van der Waals surface area contributed by atoms with Gasteiger partial charge < -0.3 is 10.2 Å². The predicted molar refractivity (Wildman–Crippen MR) is 87.5 cm³/mol. The van der Waals surface area contributed by atoms with E-state index in [1.165, 1.54) is 64.0 Å². The Bertz CT molecular complexity index is 417.